The van der Waals surface area contributed by atoms with Crippen LogP contribution in [0.5, 0.6) is 0 Å². The van der Waals surface area contributed by atoms with E-state index < -0.39 is 0 Å². The van der Waals surface area contributed by atoms with E-state index in [-0.39, 0.29) is 0 Å². The Labute approximate surface area is 83.4 Å². The van der Waals surface area contributed by atoms with E-state index in [1.165, 1.54) is 15.0 Å². The molecule has 2 aromatic heterocycles. The molecule has 70 valence electrons. The second kappa shape index (κ2) is 4.38. The molecule has 2 heterocycles. The molecule has 0 bridgehead atoms. The first-order valence-corrected chi connectivity index (χ1v) is 5.40. The summed E-state index contributed by atoms with van der Waals surface area (Å²) in [5, 5.41) is 1.26. The highest BCUT2D eigenvalue weighted by atomic mass is 32.1. The average Bonchev–Trinajstić information content (AvgIpc) is 2.48. The van der Waals surface area contributed by atoms with Gasteiger partial charge >= 0.3 is 0 Å². The maximum atomic E-state index is 4.23. The summed E-state index contributed by atoms with van der Waals surface area (Å²) in [5.74, 6) is 0. The van der Waals surface area contributed by atoms with Gasteiger partial charge in [0.2, 0.25) is 0 Å². The largest absolute Gasteiger partial charge is 0.261 e. The van der Waals surface area contributed by atoms with Crippen LogP contribution in [-0.4, -0.2) is 4.98 Å². The molecule has 13 heavy (non-hydrogen) atoms. The first kappa shape index (κ1) is 10.2. The first-order valence-electron chi connectivity index (χ1n) is 4.58. The van der Waals surface area contributed by atoms with Crippen molar-refractivity contribution in [3.05, 3.63) is 28.9 Å². The molecule has 0 aliphatic rings. The topological polar surface area (TPSA) is 12.9 Å². The molecule has 2 heteroatoms. The number of aryl methyl sites for hydroxylation is 2. The van der Waals surface area contributed by atoms with Crippen molar-refractivity contribution in [1.29, 1.82) is 0 Å². The lowest BCUT2D eigenvalue weighted by molar-refractivity contribution is 1.23. The number of nitrogens with zero attached hydrogens (tertiary/aromatic N) is 1. The minimum absolute atomic E-state index is 1.10. The number of thiophene rings is 1. The molecule has 0 atom stereocenters. The van der Waals surface area contributed by atoms with Gasteiger partial charge < -0.3 is 0 Å². The van der Waals surface area contributed by atoms with Crippen LogP contribution in [0.4, 0.5) is 0 Å². The zero-order valence-corrected chi connectivity index (χ0v) is 9.40. The van der Waals surface area contributed by atoms with Crippen LogP contribution in [0.1, 0.15) is 24.4 Å². The predicted molar refractivity (Wildman–Crippen MR) is 60.4 cm³/mol. The standard InChI is InChI=1S/C9H9NS.C2H6/c1-6-3-9-8(5-10-6)4-7(2)11-9;1-2/h3-5H,1-2H3;1-2H3. The summed E-state index contributed by atoms with van der Waals surface area (Å²) in [6.07, 6.45) is 1.94. The average molecular weight is 193 g/mol. The number of pyridine rings is 1. The van der Waals surface area contributed by atoms with Gasteiger partial charge in [-0.15, -0.1) is 11.3 Å². The van der Waals surface area contributed by atoms with E-state index in [1.54, 1.807) is 0 Å². The summed E-state index contributed by atoms with van der Waals surface area (Å²) in [5.41, 5.74) is 1.10. The number of hydrogen-bond acceptors (Lipinski definition) is 2. The molecule has 2 aromatic rings. The highest BCUT2D eigenvalue weighted by Gasteiger charge is 1.97. The minimum Gasteiger partial charge on any atom is -0.261 e. The molecule has 0 saturated carbocycles. The highest BCUT2D eigenvalue weighted by molar-refractivity contribution is 7.19. The van der Waals surface area contributed by atoms with Crippen molar-refractivity contribution >= 4 is 21.4 Å². The van der Waals surface area contributed by atoms with Gasteiger partial charge in [-0.1, -0.05) is 13.8 Å². The summed E-state index contributed by atoms with van der Waals surface area (Å²) < 4.78 is 1.34. The Morgan fingerprint density at radius 1 is 1.15 bits per heavy atom. The van der Waals surface area contributed by atoms with Crippen molar-refractivity contribution in [1.82, 2.24) is 4.98 Å². The molecule has 0 amide bonds. The van der Waals surface area contributed by atoms with Gasteiger partial charge in [0.1, 0.15) is 0 Å². The van der Waals surface area contributed by atoms with Crippen LogP contribution in [0.3, 0.4) is 0 Å². The van der Waals surface area contributed by atoms with Gasteiger partial charge in [-0.25, -0.2) is 0 Å². The van der Waals surface area contributed by atoms with Gasteiger partial charge in [-0.2, -0.15) is 0 Å². The van der Waals surface area contributed by atoms with E-state index in [1.807, 2.05) is 38.3 Å². The third-order valence-electron chi connectivity index (χ3n) is 1.66. The Morgan fingerprint density at radius 2 is 1.85 bits per heavy atom. The van der Waals surface area contributed by atoms with E-state index >= 15 is 0 Å². The normalized spacial score (nSPS) is 9.54. The van der Waals surface area contributed by atoms with Crippen LogP contribution < -0.4 is 0 Å². The summed E-state index contributed by atoms with van der Waals surface area (Å²) in [6.45, 7) is 8.15. The Hall–Kier alpha value is -0.890. The van der Waals surface area contributed by atoms with Crippen LogP contribution in [-0.2, 0) is 0 Å². The van der Waals surface area contributed by atoms with Crippen molar-refractivity contribution in [3.8, 4) is 0 Å². The summed E-state index contributed by atoms with van der Waals surface area (Å²) >= 11 is 1.83. The number of fused-ring (bicyclic) bond motifs is 1. The fourth-order valence-electron chi connectivity index (χ4n) is 1.16. The van der Waals surface area contributed by atoms with Crippen molar-refractivity contribution in [2.75, 3.05) is 0 Å². The van der Waals surface area contributed by atoms with Gasteiger partial charge in [-0.3, -0.25) is 4.98 Å². The van der Waals surface area contributed by atoms with Gasteiger partial charge in [-0.05, 0) is 26.0 Å². The zero-order chi connectivity index (χ0) is 9.84. The Balaban J connectivity index is 0.000000396. The molecule has 0 aliphatic heterocycles. The third-order valence-corrected chi connectivity index (χ3v) is 2.67. The van der Waals surface area contributed by atoms with Crippen LogP contribution in [0.15, 0.2) is 18.3 Å². The predicted octanol–water partition coefficient (Wildman–Crippen LogP) is 3.94. The van der Waals surface area contributed by atoms with Gasteiger partial charge in [0, 0.05) is 26.9 Å². The quantitative estimate of drug-likeness (QED) is 0.617. The lowest BCUT2D eigenvalue weighted by atomic mass is 10.3. The minimum atomic E-state index is 1.10. The van der Waals surface area contributed by atoms with Gasteiger partial charge in [0.25, 0.3) is 0 Å². The highest BCUT2D eigenvalue weighted by Crippen LogP contribution is 2.24. The zero-order valence-electron chi connectivity index (χ0n) is 8.59. The molecule has 1 nitrogen and oxygen atoms in total. The Bertz CT molecular complexity index is 390. The molecular weight excluding hydrogens is 178 g/mol. The number of hydrogen-bond donors (Lipinski definition) is 0. The van der Waals surface area contributed by atoms with Crippen molar-refractivity contribution in [2.45, 2.75) is 27.7 Å². The molecule has 2 rings (SSSR count). The van der Waals surface area contributed by atoms with E-state index in [4.69, 9.17) is 0 Å². The summed E-state index contributed by atoms with van der Waals surface area (Å²) in [4.78, 5) is 5.58. The second-order valence-electron chi connectivity index (χ2n) is 2.72. The van der Waals surface area contributed by atoms with Gasteiger partial charge in [0.05, 0.1) is 0 Å². The molecule has 0 radical (unpaired) electrons. The SMILES string of the molecule is CC.Cc1cc2sc(C)cc2cn1. The van der Waals surface area contributed by atoms with Crippen molar-refractivity contribution in [3.63, 3.8) is 0 Å². The fourth-order valence-corrected chi connectivity index (χ4v) is 2.16. The Kier molecular flexibility index (Phi) is 3.43. The monoisotopic (exact) mass is 193 g/mol. The Morgan fingerprint density at radius 3 is 2.54 bits per heavy atom. The summed E-state index contributed by atoms with van der Waals surface area (Å²) in [6, 6.07) is 4.30. The van der Waals surface area contributed by atoms with E-state index in [2.05, 4.69) is 24.0 Å². The van der Waals surface area contributed by atoms with E-state index in [0.717, 1.165) is 5.69 Å². The van der Waals surface area contributed by atoms with E-state index in [9.17, 15) is 0 Å². The number of aromatic nitrogens is 1. The molecule has 0 spiro atoms. The molecule has 0 N–H and O–H groups in total. The smallest absolute Gasteiger partial charge is 0.0387 e. The first-order chi connectivity index (χ1) is 6.25. The number of rotatable bonds is 0. The molecule has 0 saturated heterocycles. The van der Waals surface area contributed by atoms with Crippen LogP contribution >= 0.6 is 11.3 Å². The van der Waals surface area contributed by atoms with Crippen LogP contribution in [0, 0.1) is 13.8 Å². The second-order valence-corrected chi connectivity index (χ2v) is 4.01. The molecule has 0 unspecified atom stereocenters. The van der Waals surface area contributed by atoms with Crippen molar-refractivity contribution < 1.29 is 0 Å². The molecule has 0 aliphatic carbocycles. The maximum absolute atomic E-state index is 4.23. The van der Waals surface area contributed by atoms with Crippen LogP contribution in [0.25, 0.3) is 10.1 Å². The van der Waals surface area contributed by atoms with Crippen molar-refractivity contribution in [2.24, 2.45) is 0 Å². The summed E-state index contributed by atoms with van der Waals surface area (Å²) in [7, 11) is 0. The molecule has 0 fully saturated rings. The third kappa shape index (κ3) is 2.28. The maximum Gasteiger partial charge on any atom is 0.0387 e. The van der Waals surface area contributed by atoms with E-state index in [0.29, 0.717) is 0 Å². The molecule has 0 aromatic carbocycles. The lowest BCUT2D eigenvalue weighted by Crippen LogP contribution is -1.75. The fraction of sp³-hybridized carbons (Fsp3) is 0.364. The van der Waals surface area contributed by atoms with Crippen LogP contribution in [0.2, 0.25) is 0 Å². The van der Waals surface area contributed by atoms with Gasteiger partial charge in [0.15, 0.2) is 0 Å². The lowest BCUT2D eigenvalue weighted by Gasteiger charge is -1.89. The molecular formula is C11H15NS.